The molecule has 2 aliphatic heterocycles. The van der Waals surface area contributed by atoms with Gasteiger partial charge in [-0.05, 0) is 77.0 Å². The number of piperidine rings is 2. The zero-order chi connectivity index (χ0) is 21.0. The first-order chi connectivity index (χ1) is 14.5. The van der Waals surface area contributed by atoms with Crippen molar-refractivity contribution in [1.82, 2.24) is 9.80 Å². The van der Waals surface area contributed by atoms with Crippen molar-refractivity contribution in [3.8, 4) is 0 Å². The zero-order valence-electron chi connectivity index (χ0n) is 17.9. The van der Waals surface area contributed by atoms with Gasteiger partial charge in [0.05, 0.1) is 16.7 Å². The molecule has 1 N–H and O–H groups in total. The van der Waals surface area contributed by atoms with Gasteiger partial charge in [0, 0.05) is 5.56 Å². The summed E-state index contributed by atoms with van der Waals surface area (Å²) < 4.78 is 29.1. The number of para-hydroxylation sites is 1. The molecule has 0 aliphatic carbocycles. The van der Waals surface area contributed by atoms with Gasteiger partial charge < -0.3 is 0 Å². The Bertz CT molecular complexity index is 913. The molecule has 30 heavy (non-hydrogen) atoms. The van der Waals surface area contributed by atoms with Gasteiger partial charge in [-0.15, -0.1) is 0 Å². The molecule has 2 aliphatic rings. The lowest BCUT2D eigenvalue weighted by Crippen LogP contribution is -2.46. The van der Waals surface area contributed by atoms with Crippen molar-refractivity contribution < 1.29 is 8.42 Å². The Labute approximate surface area is 181 Å². The third-order valence-corrected chi connectivity index (χ3v) is 7.67. The Kier molecular flexibility index (Phi) is 6.76. The van der Waals surface area contributed by atoms with Crippen LogP contribution in [0.2, 0.25) is 0 Å². The largest absolute Gasteiger partial charge is 0.284 e. The number of nitrogens with one attached hydrogen (secondary N) is 1. The summed E-state index contributed by atoms with van der Waals surface area (Å²) in [5.41, 5.74) is 2.81. The summed E-state index contributed by atoms with van der Waals surface area (Å²) in [4.78, 5) is 5.40. The first-order valence-electron chi connectivity index (χ1n) is 11.2. The highest BCUT2D eigenvalue weighted by molar-refractivity contribution is 7.92. The molecule has 0 aromatic heterocycles. The smallest absolute Gasteiger partial charge is 0.261 e. The number of likely N-dealkylation sites (tertiary alicyclic amines) is 2. The Morgan fingerprint density at radius 3 is 1.87 bits per heavy atom. The predicted molar refractivity (Wildman–Crippen MR) is 122 cm³/mol. The molecule has 0 unspecified atom stereocenters. The fourth-order valence-corrected chi connectivity index (χ4v) is 5.77. The highest BCUT2D eigenvalue weighted by atomic mass is 32.2. The summed E-state index contributed by atoms with van der Waals surface area (Å²) in [6, 6.07) is 15.0. The van der Waals surface area contributed by atoms with E-state index >= 15 is 0 Å². The molecule has 0 radical (unpaired) electrons. The molecule has 2 aromatic rings. The number of hydrogen-bond acceptors (Lipinski definition) is 4. The Balaban J connectivity index is 1.67. The number of hydrogen-bond donors (Lipinski definition) is 1. The SMILES string of the molecule is Cc1ccc(S(=O)(=O)Nc2ccccc2C(N2CCCCC2)N2CCCCC2)cc1. The summed E-state index contributed by atoms with van der Waals surface area (Å²) in [5, 5.41) is 0. The fraction of sp³-hybridized carbons (Fsp3) is 0.500. The van der Waals surface area contributed by atoms with E-state index in [1.54, 1.807) is 12.1 Å². The standard InChI is InChI=1S/C24H33N3O2S/c1-20-12-14-21(15-13-20)30(28,29)25-23-11-5-4-10-22(23)24(26-16-6-2-7-17-26)27-18-8-3-9-19-27/h4-5,10-15,24-25H,2-3,6-9,16-19H2,1H3. The van der Waals surface area contributed by atoms with E-state index in [1.165, 1.54) is 38.5 Å². The molecular weight excluding hydrogens is 394 g/mol. The van der Waals surface area contributed by atoms with Crippen LogP contribution in [0.15, 0.2) is 53.4 Å². The van der Waals surface area contributed by atoms with Gasteiger partial charge in [0.1, 0.15) is 0 Å². The number of rotatable bonds is 6. The molecule has 6 heteroatoms. The van der Waals surface area contributed by atoms with E-state index in [1.807, 2.05) is 37.3 Å². The van der Waals surface area contributed by atoms with Crippen LogP contribution >= 0.6 is 0 Å². The molecule has 0 saturated carbocycles. The lowest BCUT2D eigenvalue weighted by Gasteiger charge is -2.43. The average molecular weight is 428 g/mol. The van der Waals surface area contributed by atoms with Crippen molar-refractivity contribution in [2.45, 2.75) is 56.5 Å². The molecule has 4 rings (SSSR count). The highest BCUT2D eigenvalue weighted by Crippen LogP contribution is 2.35. The van der Waals surface area contributed by atoms with Gasteiger partial charge in [-0.1, -0.05) is 48.7 Å². The van der Waals surface area contributed by atoms with E-state index in [9.17, 15) is 8.42 Å². The van der Waals surface area contributed by atoms with Crippen LogP contribution in [-0.4, -0.2) is 44.4 Å². The lowest BCUT2D eigenvalue weighted by atomic mass is 10.0. The van der Waals surface area contributed by atoms with Crippen molar-refractivity contribution in [3.05, 3.63) is 59.7 Å². The van der Waals surface area contributed by atoms with Gasteiger partial charge in [0.2, 0.25) is 0 Å². The number of benzene rings is 2. The maximum Gasteiger partial charge on any atom is 0.261 e. The van der Waals surface area contributed by atoms with Gasteiger partial charge in [0.25, 0.3) is 10.0 Å². The van der Waals surface area contributed by atoms with E-state index in [0.29, 0.717) is 10.6 Å². The van der Waals surface area contributed by atoms with Gasteiger partial charge >= 0.3 is 0 Å². The number of sulfonamides is 1. The van der Waals surface area contributed by atoms with Gasteiger partial charge in [0.15, 0.2) is 0 Å². The van der Waals surface area contributed by atoms with Gasteiger partial charge in [-0.25, -0.2) is 8.42 Å². The Morgan fingerprint density at radius 1 is 0.767 bits per heavy atom. The van der Waals surface area contributed by atoms with E-state index in [-0.39, 0.29) is 6.17 Å². The topological polar surface area (TPSA) is 52.7 Å². The molecule has 2 aromatic carbocycles. The minimum atomic E-state index is -3.63. The van der Waals surface area contributed by atoms with E-state index in [0.717, 1.165) is 37.3 Å². The van der Waals surface area contributed by atoms with Crippen LogP contribution in [0.1, 0.15) is 55.8 Å². The van der Waals surface area contributed by atoms with Gasteiger partial charge in [-0.2, -0.15) is 0 Å². The number of aryl methyl sites for hydroxylation is 1. The maximum absolute atomic E-state index is 13.1. The van der Waals surface area contributed by atoms with Crippen LogP contribution in [0, 0.1) is 6.92 Å². The third-order valence-electron chi connectivity index (χ3n) is 6.29. The van der Waals surface area contributed by atoms with Crippen molar-refractivity contribution in [2.24, 2.45) is 0 Å². The van der Waals surface area contributed by atoms with Crippen LogP contribution < -0.4 is 4.72 Å². The molecule has 5 nitrogen and oxygen atoms in total. The number of nitrogens with zero attached hydrogens (tertiary/aromatic N) is 2. The highest BCUT2D eigenvalue weighted by Gasteiger charge is 2.31. The second-order valence-electron chi connectivity index (χ2n) is 8.57. The Hall–Kier alpha value is -1.89. The van der Waals surface area contributed by atoms with Crippen molar-refractivity contribution in [2.75, 3.05) is 30.9 Å². The predicted octanol–water partition coefficient (Wildman–Crippen LogP) is 4.77. The van der Waals surface area contributed by atoms with Crippen molar-refractivity contribution in [3.63, 3.8) is 0 Å². The molecule has 0 atom stereocenters. The fourth-order valence-electron chi connectivity index (χ4n) is 4.69. The van der Waals surface area contributed by atoms with Crippen molar-refractivity contribution in [1.29, 1.82) is 0 Å². The minimum absolute atomic E-state index is 0.127. The first kappa shape index (κ1) is 21.3. The summed E-state index contributed by atoms with van der Waals surface area (Å²) in [6.45, 7) is 6.24. The summed E-state index contributed by atoms with van der Waals surface area (Å²) in [7, 11) is -3.63. The number of anilines is 1. The lowest BCUT2D eigenvalue weighted by molar-refractivity contribution is 0.0161. The van der Waals surface area contributed by atoms with Crippen molar-refractivity contribution >= 4 is 15.7 Å². The molecule has 162 valence electrons. The summed E-state index contributed by atoms with van der Waals surface area (Å²) in [6.07, 6.45) is 7.53. The maximum atomic E-state index is 13.1. The molecule has 0 spiro atoms. The molecule has 2 fully saturated rings. The molecule has 0 amide bonds. The summed E-state index contributed by atoms with van der Waals surface area (Å²) >= 11 is 0. The van der Waals surface area contributed by atoms with Crippen LogP contribution in [0.3, 0.4) is 0 Å². The quantitative estimate of drug-likeness (QED) is 0.722. The minimum Gasteiger partial charge on any atom is -0.284 e. The second-order valence-corrected chi connectivity index (χ2v) is 10.3. The summed E-state index contributed by atoms with van der Waals surface area (Å²) in [5.74, 6) is 0. The van der Waals surface area contributed by atoms with E-state index < -0.39 is 10.0 Å². The average Bonchev–Trinajstić information content (AvgIpc) is 2.77. The molecular formula is C24H33N3O2S. The monoisotopic (exact) mass is 427 g/mol. The van der Waals surface area contributed by atoms with Crippen LogP contribution in [0.5, 0.6) is 0 Å². The molecule has 2 heterocycles. The first-order valence-corrected chi connectivity index (χ1v) is 12.7. The van der Waals surface area contributed by atoms with E-state index in [2.05, 4.69) is 20.6 Å². The van der Waals surface area contributed by atoms with E-state index in [4.69, 9.17) is 0 Å². The molecule has 2 saturated heterocycles. The zero-order valence-corrected chi connectivity index (χ0v) is 18.7. The normalized spacial score (nSPS) is 19.1. The van der Waals surface area contributed by atoms with Crippen LogP contribution in [0.25, 0.3) is 0 Å². The van der Waals surface area contributed by atoms with Crippen LogP contribution in [0.4, 0.5) is 5.69 Å². The van der Waals surface area contributed by atoms with Crippen LogP contribution in [-0.2, 0) is 10.0 Å². The molecule has 0 bridgehead atoms. The van der Waals surface area contributed by atoms with Gasteiger partial charge in [-0.3, -0.25) is 14.5 Å². The second kappa shape index (κ2) is 9.50. The third kappa shape index (κ3) is 4.88. The Morgan fingerprint density at radius 2 is 1.30 bits per heavy atom.